The van der Waals surface area contributed by atoms with Crippen LogP contribution in [0.15, 0.2) is 65.5 Å². The van der Waals surface area contributed by atoms with Crippen LogP contribution >= 0.6 is 11.3 Å². The van der Waals surface area contributed by atoms with Gasteiger partial charge in [-0.25, -0.2) is 4.98 Å². The Bertz CT molecular complexity index is 1060. The fourth-order valence-electron chi connectivity index (χ4n) is 5.19. The summed E-state index contributed by atoms with van der Waals surface area (Å²) in [6.45, 7) is 3.75. The molecule has 1 spiro atoms. The molecule has 1 saturated carbocycles. The maximum atomic E-state index is 13.0. The highest BCUT2D eigenvalue weighted by Crippen LogP contribution is 2.60. The molecule has 172 valence electrons. The predicted octanol–water partition coefficient (Wildman–Crippen LogP) is 5.17. The Kier molecular flexibility index (Phi) is 6.21. The first kappa shape index (κ1) is 22.1. The molecule has 1 aliphatic carbocycles. The Morgan fingerprint density at radius 1 is 1.06 bits per heavy atom. The molecule has 33 heavy (non-hydrogen) atoms. The van der Waals surface area contributed by atoms with Gasteiger partial charge in [0, 0.05) is 43.3 Å². The van der Waals surface area contributed by atoms with Crippen LogP contribution in [0.5, 0.6) is 0 Å². The van der Waals surface area contributed by atoms with Crippen molar-refractivity contribution < 1.29 is 4.79 Å². The van der Waals surface area contributed by atoms with Crippen LogP contribution in [0.25, 0.3) is 0 Å². The SMILES string of the molecule is CN(Cc1cscn1)C(=O)[C@@H]1CC12CCN(Cc1ccc(N(C)c3ccccc3)cc1)CC2. The molecule has 1 saturated heterocycles. The zero-order valence-corrected chi connectivity index (χ0v) is 20.3. The molecule has 6 heteroatoms. The van der Waals surface area contributed by atoms with Gasteiger partial charge in [0.1, 0.15) is 0 Å². The summed E-state index contributed by atoms with van der Waals surface area (Å²) in [5, 5.41) is 2.02. The largest absolute Gasteiger partial charge is 0.345 e. The molecule has 2 aromatic carbocycles. The zero-order valence-electron chi connectivity index (χ0n) is 19.5. The van der Waals surface area contributed by atoms with Gasteiger partial charge in [0.05, 0.1) is 17.7 Å². The number of amides is 1. The zero-order chi connectivity index (χ0) is 22.8. The van der Waals surface area contributed by atoms with Crippen LogP contribution in [0, 0.1) is 11.3 Å². The maximum Gasteiger partial charge on any atom is 0.226 e. The molecular formula is C27H32N4OS. The second-order valence-electron chi connectivity index (χ2n) is 9.63. The van der Waals surface area contributed by atoms with Crippen molar-refractivity contribution in [3.63, 3.8) is 0 Å². The van der Waals surface area contributed by atoms with E-state index in [0.29, 0.717) is 12.5 Å². The predicted molar refractivity (Wildman–Crippen MR) is 135 cm³/mol. The van der Waals surface area contributed by atoms with E-state index in [1.807, 2.05) is 28.9 Å². The molecule has 0 N–H and O–H groups in total. The average molecular weight is 461 g/mol. The van der Waals surface area contributed by atoms with Crippen LogP contribution < -0.4 is 4.90 Å². The lowest BCUT2D eigenvalue weighted by atomic mass is 9.90. The summed E-state index contributed by atoms with van der Waals surface area (Å²) in [5.74, 6) is 0.505. The molecule has 2 aliphatic rings. The normalized spacial score (nSPS) is 19.4. The minimum atomic E-state index is 0.205. The van der Waals surface area contributed by atoms with Crippen molar-refractivity contribution in [2.24, 2.45) is 11.3 Å². The van der Waals surface area contributed by atoms with E-state index in [4.69, 9.17) is 0 Å². The van der Waals surface area contributed by atoms with Crippen LogP contribution in [0.1, 0.15) is 30.5 Å². The van der Waals surface area contributed by atoms with E-state index < -0.39 is 0 Å². The highest BCUT2D eigenvalue weighted by molar-refractivity contribution is 7.07. The Morgan fingerprint density at radius 2 is 1.76 bits per heavy atom. The summed E-state index contributed by atoms with van der Waals surface area (Å²) in [6.07, 6.45) is 3.31. The maximum absolute atomic E-state index is 13.0. The van der Waals surface area contributed by atoms with E-state index >= 15 is 0 Å². The number of hydrogen-bond acceptors (Lipinski definition) is 5. The van der Waals surface area contributed by atoms with Crippen molar-refractivity contribution >= 4 is 28.6 Å². The third-order valence-corrected chi connectivity index (χ3v) is 8.11. The molecule has 2 heterocycles. The van der Waals surface area contributed by atoms with Crippen LogP contribution in [0.2, 0.25) is 0 Å². The summed E-state index contributed by atoms with van der Waals surface area (Å²) in [7, 11) is 4.03. The van der Waals surface area contributed by atoms with Crippen LogP contribution in [0.3, 0.4) is 0 Å². The summed E-state index contributed by atoms with van der Waals surface area (Å²) >= 11 is 1.58. The highest BCUT2D eigenvalue weighted by Gasteiger charge is 2.58. The van der Waals surface area contributed by atoms with E-state index in [9.17, 15) is 4.79 Å². The van der Waals surface area contributed by atoms with Crippen molar-refractivity contribution in [3.8, 4) is 0 Å². The lowest BCUT2D eigenvalue weighted by molar-refractivity contribution is -0.133. The summed E-state index contributed by atoms with van der Waals surface area (Å²) in [4.78, 5) is 23.9. The van der Waals surface area contributed by atoms with Gasteiger partial charge in [0.25, 0.3) is 0 Å². The number of likely N-dealkylation sites (tertiary alicyclic amines) is 1. The number of rotatable bonds is 7. The highest BCUT2D eigenvalue weighted by atomic mass is 32.1. The molecule has 1 aliphatic heterocycles. The molecule has 3 aromatic rings. The van der Waals surface area contributed by atoms with E-state index in [-0.39, 0.29) is 11.3 Å². The third kappa shape index (κ3) is 4.82. The van der Waals surface area contributed by atoms with Gasteiger partial charge in [-0.05, 0) is 67.6 Å². The Hall–Kier alpha value is -2.70. The Balaban J connectivity index is 1.11. The number of para-hydroxylation sites is 1. The van der Waals surface area contributed by atoms with Gasteiger partial charge >= 0.3 is 0 Å². The fraction of sp³-hybridized carbons (Fsp3) is 0.407. The number of hydrogen-bond donors (Lipinski definition) is 0. The Morgan fingerprint density at radius 3 is 2.42 bits per heavy atom. The number of piperidine rings is 1. The monoisotopic (exact) mass is 460 g/mol. The number of thiazole rings is 1. The lowest BCUT2D eigenvalue weighted by Crippen LogP contribution is -2.37. The average Bonchev–Trinajstić information content (AvgIpc) is 3.29. The van der Waals surface area contributed by atoms with E-state index in [1.165, 1.54) is 16.9 Å². The minimum absolute atomic E-state index is 0.205. The molecule has 5 nitrogen and oxygen atoms in total. The molecule has 1 amide bonds. The van der Waals surface area contributed by atoms with Crippen LogP contribution in [0.4, 0.5) is 11.4 Å². The summed E-state index contributed by atoms with van der Waals surface area (Å²) in [6, 6.07) is 19.4. The van der Waals surface area contributed by atoms with Gasteiger partial charge in [-0.15, -0.1) is 11.3 Å². The third-order valence-electron chi connectivity index (χ3n) is 7.47. The van der Waals surface area contributed by atoms with Gasteiger partial charge in [-0.2, -0.15) is 0 Å². The van der Waals surface area contributed by atoms with Gasteiger partial charge in [0.2, 0.25) is 5.91 Å². The van der Waals surface area contributed by atoms with E-state index in [2.05, 4.69) is 70.4 Å². The van der Waals surface area contributed by atoms with Crippen molar-refractivity contribution in [2.45, 2.75) is 32.4 Å². The van der Waals surface area contributed by atoms with Crippen molar-refractivity contribution in [1.82, 2.24) is 14.8 Å². The number of carbonyl (C=O) groups is 1. The van der Waals surface area contributed by atoms with Gasteiger partial charge in [-0.1, -0.05) is 30.3 Å². The molecule has 5 rings (SSSR count). The molecule has 1 atom stereocenters. The minimum Gasteiger partial charge on any atom is -0.345 e. The molecule has 0 unspecified atom stereocenters. The van der Waals surface area contributed by atoms with Crippen molar-refractivity contribution in [3.05, 3.63) is 76.7 Å². The molecule has 2 fully saturated rings. The van der Waals surface area contributed by atoms with E-state index in [1.54, 1.807) is 11.3 Å². The first-order chi connectivity index (χ1) is 16.0. The van der Waals surface area contributed by atoms with Gasteiger partial charge in [0.15, 0.2) is 0 Å². The van der Waals surface area contributed by atoms with Crippen LogP contribution in [-0.2, 0) is 17.9 Å². The van der Waals surface area contributed by atoms with Gasteiger partial charge in [-0.3, -0.25) is 9.69 Å². The summed E-state index contributed by atoms with van der Waals surface area (Å²) in [5.41, 5.74) is 6.80. The number of benzene rings is 2. The van der Waals surface area contributed by atoms with E-state index in [0.717, 1.165) is 44.6 Å². The molecule has 0 radical (unpaired) electrons. The molecule has 1 aromatic heterocycles. The topological polar surface area (TPSA) is 39.7 Å². The fourth-order valence-corrected chi connectivity index (χ4v) is 5.74. The second-order valence-corrected chi connectivity index (χ2v) is 10.3. The standard InChI is InChI=1S/C27H32N4OS/c1-29(18-22-19-33-20-28-22)26(32)25-16-27(25)12-14-31(15-13-27)17-21-8-10-24(11-9-21)30(2)23-6-4-3-5-7-23/h3-11,19-20,25H,12-18H2,1-2H3/t25-/m0/s1. The molecular weight excluding hydrogens is 428 g/mol. The lowest BCUT2D eigenvalue weighted by Gasteiger charge is -2.33. The quantitative estimate of drug-likeness (QED) is 0.488. The van der Waals surface area contributed by atoms with Crippen molar-refractivity contribution in [2.75, 3.05) is 32.1 Å². The number of nitrogens with zero attached hydrogens (tertiary/aromatic N) is 4. The number of anilines is 2. The van der Waals surface area contributed by atoms with Gasteiger partial charge < -0.3 is 9.80 Å². The molecule has 0 bridgehead atoms. The summed E-state index contributed by atoms with van der Waals surface area (Å²) < 4.78 is 0. The first-order valence-corrected chi connectivity index (χ1v) is 12.7. The number of aromatic nitrogens is 1. The number of carbonyl (C=O) groups excluding carboxylic acids is 1. The first-order valence-electron chi connectivity index (χ1n) is 11.8. The van der Waals surface area contributed by atoms with Crippen molar-refractivity contribution in [1.29, 1.82) is 0 Å². The second kappa shape index (κ2) is 9.27. The Labute approximate surface area is 200 Å². The van der Waals surface area contributed by atoms with Crippen LogP contribution in [-0.4, -0.2) is 47.9 Å². The smallest absolute Gasteiger partial charge is 0.226 e.